The minimum atomic E-state index is -4.49. The van der Waals surface area contributed by atoms with Crippen LogP contribution in [0.25, 0.3) is 0 Å². The van der Waals surface area contributed by atoms with Crippen LogP contribution in [0, 0.1) is 6.92 Å². The van der Waals surface area contributed by atoms with Crippen molar-refractivity contribution >= 4 is 27.4 Å². The van der Waals surface area contributed by atoms with E-state index in [-0.39, 0.29) is 10.6 Å². The van der Waals surface area contributed by atoms with Crippen molar-refractivity contribution in [3.8, 4) is 5.75 Å². The third kappa shape index (κ3) is 3.40. The highest BCUT2D eigenvalue weighted by atomic mass is 32.2. The number of nitrogens with zero attached hydrogens (tertiary/aromatic N) is 2. The molecule has 8 heteroatoms. The fourth-order valence-electron chi connectivity index (χ4n) is 2.48. The molecular weight excluding hydrogens is 344 g/mol. The van der Waals surface area contributed by atoms with Crippen LogP contribution in [-0.2, 0) is 14.9 Å². The lowest BCUT2D eigenvalue weighted by Crippen LogP contribution is -2.36. The van der Waals surface area contributed by atoms with E-state index < -0.39 is 22.1 Å². The number of amides is 1. The van der Waals surface area contributed by atoms with Crippen molar-refractivity contribution in [2.45, 2.75) is 24.8 Å². The number of para-hydroxylation sites is 1. The van der Waals surface area contributed by atoms with E-state index in [0.29, 0.717) is 17.0 Å². The van der Waals surface area contributed by atoms with Gasteiger partial charge in [-0.1, -0.05) is 24.3 Å². The lowest BCUT2D eigenvalue weighted by atomic mass is 10.2. The second-order valence-electron chi connectivity index (χ2n) is 5.65. The molecule has 0 bridgehead atoms. The van der Waals surface area contributed by atoms with E-state index in [4.69, 9.17) is 4.74 Å². The fourth-order valence-corrected chi connectivity index (χ4v) is 3.19. The van der Waals surface area contributed by atoms with Crippen LogP contribution in [-0.4, -0.2) is 30.7 Å². The summed E-state index contributed by atoms with van der Waals surface area (Å²) >= 11 is 0. The zero-order chi connectivity index (χ0) is 18.2. The molecule has 1 N–H and O–H groups in total. The van der Waals surface area contributed by atoms with Crippen molar-refractivity contribution in [2.24, 2.45) is 5.10 Å². The summed E-state index contributed by atoms with van der Waals surface area (Å²) in [6.07, 6.45) is -1.07. The number of rotatable bonds is 4. The number of carbonyl (C=O) groups excluding carboxylic acids is 1. The number of hydrazone groups is 1. The predicted octanol–water partition coefficient (Wildman–Crippen LogP) is 2.41. The molecule has 0 aromatic heterocycles. The van der Waals surface area contributed by atoms with E-state index in [1.54, 1.807) is 44.2 Å². The molecule has 25 heavy (non-hydrogen) atoms. The Morgan fingerprint density at radius 2 is 1.80 bits per heavy atom. The molecule has 130 valence electrons. The monoisotopic (exact) mass is 360 g/mol. The van der Waals surface area contributed by atoms with Gasteiger partial charge in [-0.2, -0.15) is 18.5 Å². The molecule has 1 amide bonds. The van der Waals surface area contributed by atoms with Gasteiger partial charge in [-0.3, -0.25) is 9.35 Å². The zero-order valence-electron chi connectivity index (χ0n) is 13.6. The standard InChI is InChI=1S/C17H16N2O5S/c1-11-8-9-14(15(10-11)25(21,22)23)24-16-12(2)18-19(17(16)20)13-6-4-3-5-7-13/h3-10,16H,1-2H3,(H,21,22,23). The SMILES string of the molecule is CC1=NN(c2ccccc2)C(=O)C1Oc1ccc(C)cc1S(=O)(=O)O. The number of aryl methyl sites for hydroxylation is 1. The highest BCUT2D eigenvalue weighted by Gasteiger charge is 2.37. The van der Waals surface area contributed by atoms with Crippen LogP contribution in [0.4, 0.5) is 5.69 Å². The highest BCUT2D eigenvalue weighted by Crippen LogP contribution is 2.29. The number of anilines is 1. The molecule has 2 aromatic rings. The lowest BCUT2D eigenvalue weighted by Gasteiger charge is -2.17. The van der Waals surface area contributed by atoms with Crippen LogP contribution in [0.2, 0.25) is 0 Å². The van der Waals surface area contributed by atoms with E-state index >= 15 is 0 Å². The lowest BCUT2D eigenvalue weighted by molar-refractivity contribution is -0.121. The van der Waals surface area contributed by atoms with E-state index in [0.717, 1.165) is 0 Å². The van der Waals surface area contributed by atoms with Crippen LogP contribution in [0.5, 0.6) is 5.75 Å². The summed E-state index contributed by atoms with van der Waals surface area (Å²) in [5.41, 5.74) is 1.60. The largest absolute Gasteiger partial charge is 0.473 e. The molecule has 1 unspecified atom stereocenters. The summed E-state index contributed by atoms with van der Waals surface area (Å²) in [5.74, 6) is -0.540. The Morgan fingerprint density at radius 3 is 2.44 bits per heavy atom. The molecule has 7 nitrogen and oxygen atoms in total. The van der Waals surface area contributed by atoms with Gasteiger partial charge in [0.25, 0.3) is 16.0 Å². The molecule has 2 aromatic carbocycles. The second kappa shape index (κ2) is 6.30. The van der Waals surface area contributed by atoms with Crippen molar-refractivity contribution in [3.05, 3.63) is 54.1 Å². The zero-order valence-corrected chi connectivity index (χ0v) is 14.4. The van der Waals surface area contributed by atoms with Crippen LogP contribution < -0.4 is 9.75 Å². The van der Waals surface area contributed by atoms with Crippen molar-refractivity contribution < 1.29 is 22.5 Å². The summed E-state index contributed by atoms with van der Waals surface area (Å²) in [7, 11) is -4.49. The van der Waals surface area contributed by atoms with Crippen molar-refractivity contribution in [2.75, 3.05) is 5.01 Å². The van der Waals surface area contributed by atoms with Crippen molar-refractivity contribution in [3.63, 3.8) is 0 Å². The molecular formula is C17H16N2O5S. The van der Waals surface area contributed by atoms with Gasteiger partial charge in [-0.05, 0) is 43.7 Å². The first-order chi connectivity index (χ1) is 11.8. The fraction of sp³-hybridized carbons (Fsp3) is 0.176. The highest BCUT2D eigenvalue weighted by molar-refractivity contribution is 7.86. The van der Waals surface area contributed by atoms with E-state index in [9.17, 15) is 17.8 Å². The predicted molar refractivity (Wildman–Crippen MR) is 92.4 cm³/mol. The Morgan fingerprint density at radius 1 is 1.12 bits per heavy atom. The summed E-state index contributed by atoms with van der Waals surface area (Å²) in [4.78, 5) is 12.2. The Bertz CT molecular complexity index is 954. The molecule has 1 aliphatic heterocycles. The minimum absolute atomic E-state index is 0.101. The van der Waals surface area contributed by atoms with Gasteiger partial charge in [-0.25, -0.2) is 0 Å². The number of ether oxygens (including phenoxy) is 1. The number of hydrogen-bond donors (Lipinski definition) is 1. The maximum Gasteiger partial charge on any atom is 0.298 e. The number of hydrogen-bond acceptors (Lipinski definition) is 5. The smallest absolute Gasteiger partial charge is 0.298 e. The van der Waals surface area contributed by atoms with Gasteiger partial charge >= 0.3 is 0 Å². The summed E-state index contributed by atoms with van der Waals surface area (Å²) < 4.78 is 38.2. The average molecular weight is 360 g/mol. The molecule has 0 fully saturated rings. The molecule has 0 radical (unpaired) electrons. The van der Waals surface area contributed by atoms with Gasteiger partial charge < -0.3 is 4.74 Å². The van der Waals surface area contributed by atoms with E-state index in [2.05, 4.69) is 5.10 Å². The van der Waals surface area contributed by atoms with Crippen LogP contribution >= 0.6 is 0 Å². The molecule has 1 heterocycles. The molecule has 1 atom stereocenters. The molecule has 0 saturated carbocycles. The van der Waals surface area contributed by atoms with Crippen LogP contribution in [0.3, 0.4) is 0 Å². The first kappa shape index (κ1) is 17.1. The summed E-state index contributed by atoms with van der Waals surface area (Å²) in [5, 5.41) is 5.40. The van der Waals surface area contributed by atoms with E-state index in [1.165, 1.54) is 17.1 Å². The first-order valence-electron chi connectivity index (χ1n) is 7.46. The van der Waals surface area contributed by atoms with Crippen molar-refractivity contribution in [1.82, 2.24) is 0 Å². The average Bonchev–Trinajstić information content (AvgIpc) is 2.84. The third-order valence-corrected chi connectivity index (χ3v) is 4.57. The molecule has 1 aliphatic rings. The van der Waals surface area contributed by atoms with Crippen LogP contribution in [0.1, 0.15) is 12.5 Å². The first-order valence-corrected chi connectivity index (χ1v) is 8.90. The topological polar surface area (TPSA) is 96.3 Å². The van der Waals surface area contributed by atoms with E-state index in [1.807, 2.05) is 6.07 Å². The van der Waals surface area contributed by atoms with Gasteiger partial charge in [0.2, 0.25) is 6.10 Å². The maximum atomic E-state index is 12.6. The quantitative estimate of drug-likeness (QED) is 0.845. The summed E-state index contributed by atoms with van der Waals surface area (Å²) in [6, 6.07) is 13.1. The van der Waals surface area contributed by atoms with Crippen LogP contribution in [0.15, 0.2) is 58.5 Å². The van der Waals surface area contributed by atoms with Gasteiger partial charge in [0.1, 0.15) is 10.6 Å². The molecule has 0 spiro atoms. The number of carbonyl (C=O) groups is 1. The third-order valence-electron chi connectivity index (χ3n) is 3.69. The van der Waals surface area contributed by atoms with Crippen molar-refractivity contribution in [1.29, 1.82) is 0 Å². The number of benzene rings is 2. The molecule has 0 saturated heterocycles. The normalized spacial score (nSPS) is 17.6. The Labute approximate surface area is 145 Å². The summed E-state index contributed by atoms with van der Waals surface area (Å²) in [6.45, 7) is 3.30. The minimum Gasteiger partial charge on any atom is -0.473 e. The second-order valence-corrected chi connectivity index (χ2v) is 7.04. The Hall–Kier alpha value is -2.71. The Balaban J connectivity index is 1.93. The van der Waals surface area contributed by atoms with Gasteiger partial charge in [0.05, 0.1) is 11.4 Å². The van der Waals surface area contributed by atoms with Gasteiger partial charge in [0, 0.05) is 0 Å². The molecule has 0 aliphatic carbocycles. The van der Waals surface area contributed by atoms with Gasteiger partial charge in [-0.15, -0.1) is 0 Å². The van der Waals surface area contributed by atoms with Gasteiger partial charge in [0.15, 0.2) is 0 Å². The Kier molecular flexibility index (Phi) is 4.32. The maximum absolute atomic E-state index is 12.6. The molecule has 3 rings (SSSR count).